The van der Waals surface area contributed by atoms with Crippen LogP contribution in [0, 0.1) is 6.92 Å². The number of amides is 1. The number of hydrogen-bond acceptors (Lipinski definition) is 4. The molecule has 0 aliphatic rings. The average Bonchev–Trinajstić information content (AvgIpc) is 2.67. The summed E-state index contributed by atoms with van der Waals surface area (Å²) < 4.78 is 1.44. The van der Waals surface area contributed by atoms with Gasteiger partial charge in [-0.25, -0.2) is 0 Å². The van der Waals surface area contributed by atoms with Gasteiger partial charge in [0, 0.05) is 24.0 Å². The van der Waals surface area contributed by atoms with Crippen molar-refractivity contribution in [3.8, 4) is 0 Å². The molecule has 1 aromatic heterocycles. The van der Waals surface area contributed by atoms with Crippen LogP contribution in [0.1, 0.15) is 32.6 Å². The zero-order valence-corrected chi connectivity index (χ0v) is 12.2. The maximum Gasteiger partial charge on any atom is 0.307 e. The van der Waals surface area contributed by atoms with Crippen LogP contribution in [0.25, 0.3) is 0 Å². The minimum absolute atomic E-state index is 0.0679. The lowest BCUT2D eigenvalue weighted by Crippen LogP contribution is -2.13. The van der Waals surface area contributed by atoms with E-state index in [9.17, 15) is 14.4 Å². The fourth-order valence-electron chi connectivity index (χ4n) is 1.73. The van der Waals surface area contributed by atoms with Gasteiger partial charge in [0.2, 0.25) is 0 Å². The Hall–Kier alpha value is -2.21. The summed E-state index contributed by atoms with van der Waals surface area (Å²) in [7, 11) is 1.63. The average molecular weight is 290 g/mol. The second-order valence-electron chi connectivity index (χ2n) is 4.43. The van der Waals surface area contributed by atoms with E-state index in [1.807, 2.05) is 0 Å². The molecule has 0 saturated heterocycles. The van der Waals surface area contributed by atoms with Crippen molar-refractivity contribution in [2.24, 2.45) is 7.05 Å². The summed E-state index contributed by atoms with van der Waals surface area (Å²) in [5.74, 6) is -0.410. The quantitative estimate of drug-likeness (QED) is 0.881. The molecule has 0 bridgehead atoms. The maximum atomic E-state index is 12.1. The Labute approximate surface area is 119 Å². The van der Waals surface area contributed by atoms with Gasteiger partial charge >= 0.3 is 4.87 Å². The van der Waals surface area contributed by atoms with Gasteiger partial charge in [-0.1, -0.05) is 23.5 Å². The van der Waals surface area contributed by atoms with Gasteiger partial charge in [-0.05, 0) is 26.0 Å². The first-order valence-electron chi connectivity index (χ1n) is 5.99. The van der Waals surface area contributed by atoms with E-state index in [-0.39, 0.29) is 16.6 Å². The molecule has 104 valence electrons. The molecule has 5 nitrogen and oxygen atoms in total. The molecular formula is C14H14N2O3S. The van der Waals surface area contributed by atoms with E-state index in [0.29, 0.717) is 21.8 Å². The maximum absolute atomic E-state index is 12.1. The predicted molar refractivity (Wildman–Crippen MR) is 78.7 cm³/mol. The van der Waals surface area contributed by atoms with Crippen LogP contribution in [0.15, 0.2) is 29.1 Å². The Kier molecular flexibility index (Phi) is 3.85. The monoisotopic (exact) mass is 290 g/mol. The first-order chi connectivity index (χ1) is 9.40. The summed E-state index contributed by atoms with van der Waals surface area (Å²) in [6, 6.07) is 6.70. The summed E-state index contributed by atoms with van der Waals surface area (Å²) in [5.41, 5.74) is 1.69. The highest BCUT2D eigenvalue weighted by Gasteiger charge is 2.16. The van der Waals surface area contributed by atoms with Crippen LogP contribution in [-0.4, -0.2) is 16.3 Å². The number of benzene rings is 1. The van der Waals surface area contributed by atoms with Gasteiger partial charge in [-0.2, -0.15) is 0 Å². The highest BCUT2D eigenvalue weighted by Crippen LogP contribution is 2.16. The molecule has 0 spiro atoms. The molecule has 20 heavy (non-hydrogen) atoms. The smallest absolute Gasteiger partial charge is 0.307 e. The van der Waals surface area contributed by atoms with E-state index in [2.05, 4.69) is 5.32 Å². The largest absolute Gasteiger partial charge is 0.321 e. The summed E-state index contributed by atoms with van der Waals surface area (Å²) in [4.78, 5) is 35.2. The van der Waals surface area contributed by atoms with Crippen molar-refractivity contribution in [2.75, 3.05) is 5.32 Å². The third kappa shape index (κ3) is 2.70. The summed E-state index contributed by atoms with van der Waals surface area (Å²) in [6.07, 6.45) is 0. The molecule has 1 amide bonds. The molecule has 1 aromatic carbocycles. The van der Waals surface area contributed by atoms with Crippen molar-refractivity contribution in [3.63, 3.8) is 0 Å². The molecule has 0 saturated carbocycles. The first kappa shape index (κ1) is 14.2. The lowest BCUT2D eigenvalue weighted by atomic mass is 10.1. The number of anilines is 1. The van der Waals surface area contributed by atoms with Gasteiger partial charge in [0.1, 0.15) is 4.88 Å². The number of carbonyl (C=O) groups is 2. The number of carbonyl (C=O) groups excluding carboxylic acids is 2. The van der Waals surface area contributed by atoms with Crippen molar-refractivity contribution in [3.05, 3.63) is 50.1 Å². The first-order valence-corrected chi connectivity index (χ1v) is 6.80. The van der Waals surface area contributed by atoms with E-state index in [0.717, 1.165) is 11.3 Å². The lowest BCUT2D eigenvalue weighted by Gasteiger charge is -2.05. The van der Waals surface area contributed by atoms with Crippen molar-refractivity contribution in [2.45, 2.75) is 13.8 Å². The zero-order chi connectivity index (χ0) is 14.9. The highest BCUT2D eigenvalue weighted by molar-refractivity contribution is 7.11. The third-order valence-electron chi connectivity index (χ3n) is 3.03. The minimum Gasteiger partial charge on any atom is -0.321 e. The Morgan fingerprint density at radius 1 is 1.30 bits per heavy atom. The molecule has 0 aliphatic heterocycles. The number of thiazole rings is 1. The second-order valence-corrected chi connectivity index (χ2v) is 5.39. The van der Waals surface area contributed by atoms with E-state index >= 15 is 0 Å². The van der Waals surface area contributed by atoms with Crippen LogP contribution in [0.3, 0.4) is 0 Å². The number of hydrogen-bond donors (Lipinski definition) is 1. The molecule has 1 N–H and O–H groups in total. The van der Waals surface area contributed by atoms with E-state index in [1.54, 1.807) is 38.2 Å². The fourth-order valence-corrected chi connectivity index (χ4v) is 2.61. The standard InChI is InChI=1S/C14H14N2O3S/c1-8-12(20-14(19)16(8)3)13(18)15-11-6-4-5-10(7-11)9(2)17/h4-7H,1-3H3,(H,15,18). The van der Waals surface area contributed by atoms with Crippen LogP contribution in [0.4, 0.5) is 5.69 Å². The Bertz CT molecular complexity index is 743. The van der Waals surface area contributed by atoms with E-state index in [4.69, 9.17) is 0 Å². The highest BCUT2D eigenvalue weighted by atomic mass is 32.1. The Morgan fingerprint density at radius 3 is 2.55 bits per heavy atom. The number of nitrogens with zero attached hydrogens (tertiary/aromatic N) is 1. The topological polar surface area (TPSA) is 68.2 Å². The number of nitrogens with one attached hydrogen (secondary N) is 1. The molecule has 0 unspecified atom stereocenters. The molecule has 0 fully saturated rings. The van der Waals surface area contributed by atoms with E-state index in [1.165, 1.54) is 11.5 Å². The number of Topliss-reactive ketones (excluding diaryl/α,β-unsaturated/α-hetero) is 1. The van der Waals surface area contributed by atoms with Gasteiger partial charge in [-0.3, -0.25) is 14.4 Å². The van der Waals surface area contributed by atoms with Gasteiger partial charge < -0.3 is 9.88 Å². The van der Waals surface area contributed by atoms with Crippen molar-refractivity contribution >= 4 is 28.7 Å². The molecule has 2 rings (SSSR count). The fraction of sp³-hybridized carbons (Fsp3) is 0.214. The molecule has 0 radical (unpaired) electrons. The van der Waals surface area contributed by atoms with E-state index < -0.39 is 0 Å². The normalized spacial score (nSPS) is 10.3. The van der Waals surface area contributed by atoms with Gasteiger partial charge in [0.05, 0.1) is 0 Å². The van der Waals surface area contributed by atoms with Gasteiger partial charge in [0.25, 0.3) is 5.91 Å². The minimum atomic E-state index is -0.342. The van der Waals surface area contributed by atoms with Crippen molar-refractivity contribution in [1.82, 2.24) is 4.57 Å². The van der Waals surface area contributed by atoms with Crippen LogP contribution in [-0.2, 0) is 7.05 Å². The third-order valence-corrected chi connectivity index (χ3v) is 4.16. The molecule has 1 heterocycles. The number of ketones is 1. The summed E-state index contributed by atoms with van der Waals surface area (Å²) in [5, 5.41) is 2.70. The molecule has 6 heteroatoms. The van der Waals surface area contributed by atoms with Crippen LogP contribution >= 0.6 is 11.3 Å². The van der Waals surface area contributed by atoms with Crippen LogP contribution < -0.4 is 10.2 Å². The predicted octanol–water partition coefficient (Wildman–Crippen LogP) is 2.21. The summed E-state index contributed by atoms with van der Waals surface area (Å²) >= 11 is 0.907. The number of rotatable bonds is 3. The van der Waals surface area contributed by atoms with Gasteiger partial charge in [-0.15, -0.1) is 0 Å². The van der Waals surface area contributed by atoms with Crippen molar-refractivity contribution in [1.29, 1.82) is 0 Å². The molecular weight excluding hydrogens is 276 g/mol. The Balaban J connectivity index is 2.28. The SMILES string of the molecule is CC(=O)c1cccc(NC(=O)c2sc(=O)n(C)c2C)c1. The van der Waals surface area contributed by atoms with Gasteiger partial charge in [0.15, 0.2) is 5.78 Å². The van der Waals surface area contributed by atoms with Crippen LogP contribution in [0.5, 0.6) is 0 Å². The molecule has 0 aliphatic carbocycles. The molecule has 0 atom stereocenters. The summed E-state index contributed by atoms with van der Waals surface area (Å²) in [6.45, 7) is 3.19. The lowest BCUT2D eigenvalue weighted by molar-refractivity contribution is 0.101. The number of aromatic nitrogens is 1. The van der Waals surface area contributed by atoms with Crippen LogP contribution in [0.2, 0.25) is 0 Å². The molecule has 2 aromatic rings. The Morgan fingerprint density at radius 2 is 2.00 bits per heavy atom. The van der Waals surface area contributed by atoms with Crippen molar-refractivity contribution < 1.29 is 9.59 Å². The zero-order valence-electron chi connectivity index (χ0n) is 11.4. The second kappa shape index (κ2) is 5.42.